The van der Waals surface area contributed by atoms with Crippen molar-refractivity contribution in [1.29, 1.82) is 0 Å². The molecule has 0 saturated heterocycles. The van der Waals surface area contributed by atoms with E-state index in [1.54, 1.807) is 0 Å². The lowest BCUT2D eigenvalue weighted by molar-refractivity contribution is 0.0377. The molecule has 1 atom stereocenters. The summed E-state index contributed by atoms with van der Waals surface area (Å²) in [5, 5.41) is 14.9. The normalized spacial score (nSPS) is 14.9. The highest BCUT2D eigenvalue weighted by atomic mass is 79.9. The number of hydrogen-bond acceptors (Lipinski definition) is 3. The second kappa shape index (κ2) is 5.98. The van der Waals surface area contributed by atoms with Crippen molar-refractivity contribution in [3.05, 3.63) is 15.9 Å². The van der Waals surface area contributed by atoms with Crippen LogP contribution in [-0.2, 0) is 13.0 Å². The Bertz CT molecular complexity index is 378. The fourth-order valence-electron chi connectivity index (χ4n) is 2.08. The predicted octanol–water partition coefficient (Wildman–Crippen LogP) is 2.01. The lowest BCUT2D eigenvalue weighted by Crippen LogP contribution is -2.40. The quantitative estimate of drug-likeness (QED) is 0.845. The van der Waals surface area contributed by atoms with Crippen LogP contribution < -0.4 is 5.73 Å². The van der Waals surface area contributed by atoms with Crippen LogP contribution in [0.15, 0.2) is 4.47 Å². The van der Waals surface area contributed by atoms with Crippen LogP contribution in [0, 0.1) is 6.92 Å². The van der Waals surface area contributed by atoms with Gasteiger partial charge in [0.25, 0.3) is 0 Å². The largest absolute Gasteiger partial charge is 0.388 e. The zero-order valence-corrected chi connectivity index (χ0v) is 12.4. The van der Waals surface area contributed by atoms with Crippen LogP contribution in [0.25, 0.3) is 0 Å². The standard InChI is InChI=1S/C12H22BrN3O/c1-4-6-12(17,8-14)7-10-11(13)9(3)15-16(10)5-2/h17H,4-8,14H2,1-3H3. The van der Waals surface area contributed by atoms with E-state index in [9.17, 15) is 5.11 Å². The fraction of sp³-hybridized carbons (Fsp3) is 0.750. The van der Waals surface area contributed by atoms with Gasteiger partial charge in [-0.2, -0.15) is 5.10 Å². The van der Waals surface area contributed by atoms with E-state index in [1.165, 1.54) is 0 Å². The highest BCUT2D eigenvalue weighted by Gasteiger charge is 2.28. The molecule has 0 amide bonds. The van der Waals surface area contributed by atoms with Gasteiger partial charge in [-0.3, -0.25) is 4.68 Å². The summed E-state index contributed by atoms with van der Waals surface area (Å²) in [6, 6.07) is 0. The van der Waals surface area contributed by atoms with E-state index >= 15 is 0 Å². The minimum absolute atomic E-state index is 0.279. The number of hydrogen-bond donors (Lipinski definition) is 2. The minimum Gasteiger partial charge on any atom is -0.388 e. The Kier molecular flexibility index (Phi) is 5.16. The third-order valence-electron chi connectivity index (χ3n) is 3.04. The van der Waals surface area contributed by atoms with Crippen LogP contribution in [0.4, 0.5) is 0 Å². The highest BCUT2D eigenvalue weighted by molar-refractivity contribution is 9.10. The molecule has 0 fully saturated rings. The Labute approximate surface area is 111 Å². The molecule has 1 aromatic rings. The molecule has 0 saturated carbocycles. The Morgan fingerprint density at radius 3 is 2.59 bits per heavy atom. The Hall–Kier alpha value is -0.390. The van der Waals surface area contributed by atoms with Crippen LogP contribution in [0.3, 0.4) is 0 Å². The van der Waals surface area contributed by atoms with E-state index in [0.29, 0.717) is 12.8 Å². The molecule has 5 heteroatoms. The van der Waals surface area contributed by atoms with Gasteiger partial charge in [0, 0.05) is 19.5 Å². The predicted molar refractivity (Wildman–Crippen MR) is 73.0 cm³/mol. The van der Waals surface area contributed by atoms with E-state index in [-0.39, 0.29) is 6.54 Å². The van der Waals surface area contributed by atoms with Crippen LogP contribution in [0.5, 0.6) is 0 Å². The maximum atomic E-state index is 10.4. The number of nitrogens with two attached hydrogens (primary N) is 1. The van der Waals surface area contributed by atoms with E-state index in [1.807, 2.05) is 18.5 Å². The first kappa shape index (κ1) is 14.7. The smallest absolute Gasteiger partial charge is 0.0824 e. The summed E-state index contributed by atoms with van der Waals surface area (Å²) >= 11 is 3.54. The molecule has 0 aromatic carbocycles. The molecule has 0 aliphatic heterocycles. The number of nitrogens with zero attached hydrogens (tertiary/aromatic N) is 2. The molecular formula is C12H22BrN3O. The topological polar surface area (TPSA) is 64.1 Å². The second-order valence-electron chi connectivity index (χ2n) is 4.52. The van der Waals surface area contributed by atoms with Crippen LogP contribution >= 0.6 is 15.9 Å². The molecule has 1 heterocycles. The Balaban J connectivity index is 3.00. The van der Waals surface area contributed by atoms with Crippen molar-refractivity contribution in [3.63, 3.8) is 0 Å². The third kappa shape index (κ3) is 3.30. The number of rotatable bonds is 6. The number of aliphatic hydroxyl groups is 1. The van der Waals surface area contributed by atoms with Gasteiger partial charge in [0.1, 0.15) is 0 Å². The van der Waals surface area contributed by atoms with Gasteiger partial charge in [0.05, 0.1) is 21.5 Å². The fourth-order valence-corrected chi connectivity index (χ4v) is 2.50. The summed E-state index contributed by atoms with van der Waals surface area (Å²) in [4.78, 5) is 0. The first-order valence-corrected chi connectivity index (χ1v) is 6.91. The molecule has 0 spiro atoms. The van der Waals surface area contributed by atoms with Gasteiger partial charge in [0.15, 0.2) is 0 Å². The van der Waals surface area contributed by atoms with Gasteiger partial charge in [-0.1, -0.05) is 13.3 Å². The lowest BCUT2D eigenvalue weighted by atomic mass is 9.92. The van der Waals surface area contributed by atoms with Crippen molar-refractivity contribution in [3.8, 4) is 0 Å². The molecule has 3 N–H and O–H groups in total. The van der Waals surface area contributed by atoms with Gasteiger partial charge in [-0.05, 0) is 36.2 Å². The molecule has 1 aromatic heterocycles. The summed E-state index contributed by atoms with van der Waals surface area (Å²) in [6.07, 6.45) is 2.18. The molecule has 98 valence electrons. The second-order valence-corrected chi connectivity index (χ2v) is 5.31. The van der Waals surface area contributed by atoms with Gasteiger partial charge >= 0.3 is 0 Å². The Morgan fingerprint density at radius 2 is 2.12 bits per heavy atom. The molecule has 0 aliphatic carbocycles. The number of aryl methyl sites for hydroxylation is 2. The van der Waals surface area contributed by atoms with Crippen molar-refractivity contribution in [2.45, 2.75) is 52.2 Å². The minimum atomic E-state index is -0.823. The molecule has 4 nitrogen and oxygen atoms in total. The number of halogens is 1. The van der Waals surface area contributed by atoms with Crippen molar-refractivity contribution in [2.24, 2.45) is 5.73 Å². The molecule has 0 radical (unpaired) electrons. The summed E-state index contributed by atoms with van der Waals surface area (Å²) in [5.74, 6) is 0. The van der Waals surface area contributed by atoms with Gasteiger partial charge in [-0.25, -0.2) is 0 Å². The maximum Gasteiger partial charge on any atom is 0.0824 e. The van der Waals surface area contributed by atoms with Crippen molar-refractivity contribution < 1.29 is 5.11 Å². The van der Waals surface area contributed by atoms with Crippen molar-refractivity contribution in [2.75, 3.05) is 6.54 Å². The van der Waals surface area contributed by atoms with Crippen LogP contribution in [-0.4, -0.2) is 27.0 Å². The average molecular weight is 304 g/mol. The summed E-state index contributed by atoms with van der Waals surface area (Å²) in [5.41, 5.74) is 6.86. The van der Waals surface area contributed by atoms with Crippen LogP contribution in [0.2, 0.25) is 0 Å². The zero-order valence-electron chi connectivity index (χ0n) is 10.8. The van der Waals surface area contributed by atoms with Crippen LogP contribution in [0.1, 0.15) is 38.1 Å². The molecular weight excluding hydrogens is 282 g/mol. The monoisotopic (exact) mass is 303 g/mol. The van der Waals surface area contributed by atoms with Gasteiger partial charge in [-0.15, -0.1) is 0 Å². The van der Waals surface area contributed by atoms with Gasteiger partial charge in [0.2, 0.25) is 0 Å². The molecule has 1 unspecified atom stereocenters. The highest BCUT2D eigenvalue weighted by Crippen LogP contribution is 2.26. The van der Waals surface area contributed by atoms with E-state index in [0.717, 1.165) is 28.8 Å². The first-order valence-electron chi connectivity index (χ1n) is 6.11. The summed E-state index contributed by atoms with van der Waals surface area (Å²) < 4.78 is 2.91. The van der Waals surface area contributed by atoms with Gasteiger partial charge < -0.3 is 10.8 Å². The van der Waals surface area contributed by atoms with E-state index in [2.05, 4.69) is 28.0 Å². The molecule has 0 aliphatic rings. The summed E-state index contributed by atoms with van der Waals surface area (Å²) in [6.45, 7) is 7.14. The number of aromatic nitrogens is 2. The molecule has 17 heavy (non-hydrogen) atoms. The third-order valence-corrected chi connectivity index (χ3v) is 4.08. The molecule has 1 rings (SSSR count). The maximum absolute atomic E-state index is 10.4. The zero-order chi connectivity index (χ0) is 13.1. The first-order chi connectivity index (χ1) is 7.97. The van der Waals surface area contributed by atoms with E-state index < -0.39 is 5.60 Å². The molecule has 0 bridgehead atoms. The SMILES string of the molecule is CCCC(O)(CN)Cc1c(Br)c(C)nn1CC. The summed E-state index contributed by atoms with van der Waals surface area (Å²) in [7, 11) is 0. The average Bonchev–Trinajstić information content (AvgIpc) is 2.57. The van der Waals surface area contributed by atoms with Crippen molar-refractivity contribution >= 4 is 15.9 Å². The Morgan fingerprint density at radius 1 is 1.47 bits per heavy atom. The van der Waals surface area contributed by atoms with E-state index in [4.69, 9.17) is 5.73 Å². The lowest BCUT2D eigenvalue weighted by Gasteiger charge is -2.26. The van der Waals surface area contributed by atoms with Crippen molar-refractivity contribution in [1.82, 2.24) is 9.78 Å².